The average molecular weight is 530 g/mol. The molecule has 3 aliphatic rings. The Balaban J connectivity index is 1.75. The number of rotatable bonds is 7. The second kappa shape index (κ2) is 12.2. The van der Waals surface area contributed by atoms with E-state index in [9.17, 15) is 50.8 Å². The van der Waals surface area contributed by atoms with Gasteiger partial charge in [0.15, 0.2) is 18.9 Å². The molecule has 3 fully saturated rings. The van der Waals surface area contributed by atoms with E-state index < -0.39 is 111 Å². The van der Waals surface area contributed by atoms with Crippen LogP contribution in [0.1, 0.15) is 13.8 Å². The molecule has 3 rings (SSSR count). The highest BCUT2D eigenvalue weighted by Crippen LogP contribution is 2.32. The van der Waals surface area contributed by atoms with Crippen molar-refractivity contribution in [1.29, 1.82) is 0 Å². The zero-order chi connectivity index (χ0) is 26.9. The summed E-state index contributed by atoms with van der Waals surface area (Å²) in [7, 11) is 0. The fourth-order valence-electron chi connectivity index (χ4n) is 4.17. The van der Waals surface area contributed by atoms with Crippen LogP contribution in [0.5, 0.6) is 0 Å². The van der Waals surface area contributed by atoms with Gasteiger partial charge in [0, 0.05) is 6.92 Å². The maximum atomic E-state index is 11.1. The Morgan fingerprint density at radius 2 is 1.25 bits per heavy atom. The van der Waals surface area contributed by atoms with Crippen molar-refractivity contribution >= 4 is 5.97 Å². The molecular weight excluding hydrogens is 496 g/mol. The summed E-state index contributed by atoms with van der Waals surface area (Å²) >= 11 is 0. The van der Waals surface area contributed by atoms with Crippen LogP contribution in [0.4, 0.5) is 0 Å². The lowest BCUT2D eigenvalue weighted by molar-refractivity contribution is -0.381. The van der Waals surface area contributed by atoms with Gasteiger partial charge in [0.1, 0.15) is 73.8 Å². The number of esters is 1. The van der Waals surface area contributed by atoms with E-state index in [1.165, 1.54) is 6.92 Å². The lowest BCUT2D eigenvalue weighted by Gasteiger charge is -2.47. The van der Waals surface area contributed by atoms with Gasteiger partial charge in [-0.25, -0.2) is 0 Å². The van der Waals surface area contributed by atoms with E-state index in [1.54, 1.807) is 0 Å². The van der Waals surface area contributed by atoms with Crippen LogP contribution in [-0.4, -0.2) is 157 Å². The topological polar surface area (TPSA) is 255 Å². The van der Waals surface area contributed by atoms with Crippen molar-refractivity contribution in [1.82, 2.24) is 0 Å². The van der Waals surface area contributed by atoms with Crippen LogP contribution in [0, 0.1) is 0 Å². The Morgan fingerprint density at radius 1 is 0.694 bits per heavy atom. The number of carbonyl (C=O) groups excluding carboxylic acids is 1. The molecule has 15 atom stereocenters. The maximum Gasteiger partial charge on any atom is 0.302 e. The minimum atomic E-state index is -1.88. The van der Waals surface area contributed by atoms with Crippen molar-refractivity contribution in [3.63, 3.8) is 0 Å². The van der Waals surface area contributed by atoms with Crippen LogP contribution in [0.25, 0.3) is 0 Å². The molecule has 16 heteroatoms. The first-order valence-electron chi connectivity index (χ1n) is 11.3. The first-order chi connectivity index (χ1) is 16.9. The fourth-order valence-corrected chi connectivity index (χ4v) is 4.17. The van der Waals surface area contributed by atoms with Gasteiger partial charge < -0.3 is 74.4 Å². The highest BCUT2D eigenvalue weighted by Gasteiger charge is 2.53. The van der Waals surface area contributed by atoms with Crippen LogP contribution in [0.2, 0.25) is 0 Å². The Morgan fingerprint density at radius 3 is 1.83 bits per heavy atom. The molecule has 3 saturated heterocycles. The summed E-state index contributed by atoms with van der Waals surface area (Å²) < 4.78 is 31.7. The predicted octanol–water partition coefficient (Wildman–Crippen LogP) is -5.97. The van der Waals surface area contributed by atoms with Gasteiger partial charge in [-0.1, -0.05) is 0 Å². The lowest BCUT2D eigenvalue weighted by atomic mass is 9.96. The minimum absolute atomic E-state index is 0.499. The summed E-state index contributed by atoms with van der Waals surface area (Å²) in [6.45, 7) is 1.21. The number of hydrogen-bond acceptors (Lipinski definition) is 16. The van der Waals surface area contributed by atoms with E-state index >= 15 is 0 Å². The molecule has 0 bridgehead atoms. The molecule has 0 aromatic heterocycles. The maximum absolute atomic E-state index is 11.1. The standard InChI is InChI=1S/C20H34O16/c1-5-9(23)11(25)13(27)19(32-5)36-17-15(29)16(7(3-21)33-18(17)30)35-20-14(28)12(26)10(24)8(34-20)4-31-6(2)22/h5,7-21,23-30H,3-4H2,1-2H3/t5-,7+,8+,9-,10+,11+,12-,13+,14+,15-,16+,17+,18+,19-,20-/m0/s1. The van der Waals surface area contributed by atoms with Crippen molar-refractivity contribution in [2.45, 2.75) is 106 Å². The van der Waals surface area contributed by atoms with Crippen molar-refractivity contribution in [2.75, 3.05) is 13.2 Å². The largest absolute Gasteiger partial charge is 0.463 e. The fraction of sp³-hybridized carbons (Fsp3) is 0.950. The molecule has 16 nitrogen and oxygen atoms in total. The van der Waals surface area contributed by atoms with Crippen LogP contribution in [-0.2, 0) is 33.2 Å². The molecule has 0 saturated carbocycles. The summed E-state index contributed by atoms with van der Waals surface area (Å²) in [6, 6.07) is 0. The third-order valence-electron chi connectivity index (χ3n) is 6.33. The van der Waals surface area contributed by atoms with E-state index in [2.05, 4.69) is 0 Å². The minimum Gasteiger partial charge on any atom is -0.463 e. The van der Waals surface area contributed by atoms with E-state index in [4.69, 9.17) is 28.4 Å². The molecule has 0 spiro atoms. The smallest absolute Gasteiger partial charge is 0.302 e. The third-order valence-corrected chi connectivity index (χ3v) is 6.33. The molecule has 0 aliphatic carbocycles. The number of aliphatic hydroxyl groups is 9. The van der Waals surface area contributed by atoms with Crippen molar-refractivity contribution < 1.29 is 79.2 Å². The highest BCUT2D eigenvalue weighted by atomic mass is 16.8. The van der Waals surface area contributed by atoms with Crippen LogP contribution in [0.15, 0.2) is 0 Å². The summed E-state index contributed by atoms with van der Waals surface area (Å²) in [5.41, 5.74) is 0. The van der Waals surface area contributed by atoms with E-state index in [0.717, 1.165) is 6.92 Å². The van der Waals surface area contributed by atoms with Gasteiger partial charge in [-0.05, 0) is 6.92 Å². The zero-order valence-corrected chi connectivity index (χ0v) is 19.5. The first-order valence-corrected chi connectivity index (χ1v) is 11.3. The quantitative estimate of drug-likeness (QED) is 0.139. The van der Waals surface area contributed by atoms with Gasteiger partial charge in [0.2, 0.25) is 0 Å². The van der Waals surface area contributed by atoms with Gasteiger partial charge >= 0.3 is 5.97 Å². The van der Waals surface area contributed by atoms with E-state index in [1.807, 2.05) is 0 Å². The molecule has 0 aromatic carbocycles. The second-order valence-corrected chi connectivity index (χ2v) is 8.94. The Bertz CT molecular complexity index is 726. The molecule has 0 unspecified atom stereocenters. The van der Waals surface area contributed by atoms with Crippen LogP contribution >= 0.6 is 0 Å². The average Bonchev–Trinajstić information content (AvgIpc) is 2.83. The second-order valence-electron chi connectivity index (χ2n) is 8.94. The van der Waals surface area contributed by atoms with Gasteiger partial charge in [-0.3, -0.25) is 4.79 Å². The van der Waals surface area contributed by atoms with E-state index in [0.29, 0.717) is 0 Å². The molecule has 36 heavy (non-hydrogen) atoms. The number of carbonyl (C=O) groups is 1. The van der Waals surface area contributed by atoms with Crippen LogP contribution in [0.3, 0.4) is 0 Å². The van der Waals surface area contributed by atoms with Crippen molar-refractivity contribution in [2.24, 2.45) is 0 Å². The Labute approximate surface area is 205 Å². The molecule has 0 aromatic rings. The molecule has 210 valence electrons. The molecular formula is C20H34O16. The molecule has 3 aliphatic heterocycles. The Hall–Kier alpha value is -1.09. The SMILES string of the molecule is CC(=O)OC[C@H]1O[C@@H](O[C@H]2[C@H](O)[C@@H](O[C@@H]3O[C@@H](C)[C@H](O)[C@@H](O)[C@H]3O)[C@H](O)O[C@@H]2CO)[C@H](O)[C@@H](O)[C@@H]1O. The molecule has 0 amide bonds. The number of hydrogen-bond donors (Lipinski definition) is 9. The normalized spacial score (nSPS) is 50.0. The van der Waals surface area contributed by atoms with Gasteiger partial charge in [-0.15, -0.1) is 0 Å². The zero-order valence-electron chi connectivity index (χ0n) is 19.5. The lowest BCUT2D eigenvalue weighted by Crippen LogP contribution is -2.66. The Kier molecular flexibility index (Phi) is 9.97. The van der Waals surface area contributed by atoms with Crippen molar-refractivity contribution in [3.8, 4) is 0 Å². The predicted molar refractivity (Wildman–Crippen MR) is 109 cm³/mol. The van der Waals surface area contributed by atoms with Crippen LogP contribution < -0.4 is 0 Å². The van der Waals surface area contributed by atoms with Gasteiger partial charge in [0.25, 0.3) is 0 Å². The van der Waals surface area contributed by atoms with E-state index in [-0.39, 0.29) is 0 Å². The summed E-state index contributed by atoms with van der Waals surface area (Å²) in [4.78, 5) is 11.1. The van der Waals surface area contributed by atoms with Gasteiger partial charge in [0.05, 0.1) is 12.7 Å². The number of ether oxygens (including phenoxy) is 6. The first kappa shape index (κ1) is 29.5. The monoisotopic (exact) mass is 530 g/mol. The molecule has 3 heterocycles. The number of aliphatic hydroxyl groups excluding tert-OH is 9. The highest BCUT2D eigenvalue weighted by molar-refractivity contribution is 5.65. The van der Waals surface area contributed by atoms with Crippen molar-refractivity contribution in [3.05, 3.63) is 0 Å². The third kappa shape index (κ3) is 6.13. The van der Waals surface area contributed by atoms with Gasteiger partial charge in [-0.2, -0.15) is 0 Å². The summed E-state index contributed by atoms with van der Waals surface area (Å²) in [6.07, 6.45) is -24.2. The summed E-state index contributed by atoms with van der Waals surface area (Å²) in [5.74, 6) is -0.701. The molecule has 0 radical (unpaired) electrons. The molecule has 9 N–H and O–H groups in total. The summed E-state index contributed by atoms with van der Waals surface area (Å²) in [5, 5.41) is 91.6.